The van der Waals surface area contributed by atoms with E-state index in [1.165, 1.54) is 0 Å². The van der Waals surface area contributed by atoms with Crippen LogP contribution in [0.15, 0.2) is 33.7 Å². The van der Waals surface area contributed by atoms with Gasteiger partial charge in [0.05, 0.1) is 0 Å². The zero-order valence-corrected chi connectivity index (χ0v) is 14.5. The third kappa shape index (κ3) is 48.9. The van der Waals surface area contributed by atoms with Gasteiger partial charge in [-0.1, -0.05) is 0 Å². The predicted molar refractivity (Wildman–Crippen MR) is 70.0 cm³/mol. The van der Waals surface area contributed by atoms with E-state index in [1.54, 1.807) is 28.2 Å². The van der Waals surface area contributed by atoms with Gasteiger partial charge in [-0.15, -0.1) is 0 Å². The molecule has 0 unspecified atom stereocenters. The molecule has 0 aliphatic rings. The molecule has 3 nitrogen and oxygen atoms in total. The van der Waals surface area contributed by atoms with E-state index in [0.717, 1.165) is 20.9 Å². The van der Waals surface area contributed by atoms with Crippen LogP contribution in [0.4, 0.5) is 0 Å². The Labute approximate surface area is 113 Å². The van der Waals surface area contributed by atoms with Crippen molar-refractivity contribution < 1.29 is 20.9 Å². The van der Waals surface area contributed by atoms with Gasteiger partial charge in [0.2, 0.25) is 0 Å². The Kier molecular flexibility index (Phi) is 31.9. The number of nitrogens with zero attached hydrogens (tertiary/aromatic N) is 3. The maximum Gasteiger partial charge on any atom is -0.162 e. The summed E-state index contributed by atoms with van der Waals surface area (Å²) in [5.74, 6) is 0. The molecule has 0 amide bonds. The third-order valence-corrected chi connectivity index (χ3v) is 2.45. The Balaban J connectivity index is -0.000000146. The number of rotatable bonds is 1. The fourth-order valence-electron chi connectivity index (χ4n) is 0.321. The maximum atomic E-state index is 4.00. The summed E-state index contributed by atoms with van der Waals surface area (Å²) in [7, 11) is 7.00. The zero-order valence-electron chi connectivity index (χ0n) is 11.3. The van der Waals surface area contributed by atoms with Gasteiger partial charge in [0.1, 0.15) is 0 Å². The Morgan fingerprint density at radius 3 is 1.31 bits per heavy atom. The molecule has 1 aromatic rings. The monoisotopic (exact) mass is 391 g/mol. The van der Waals surface area contributed by atoms with Crippen molar-refractivity contribution in [2.75, 3.05) is 28.2 Å². The summed E-state index contributed by atoms with van der Waals surface area (Å²) >= 11 is 1.16. The van der Waals surface area contributed by atoms with Crippen molar-refractivity contribution in [2.24, 2.45) is 3.34 Å². The molecule has 0 aliphatic carbocycles. The first-order valence-corrected chi connectivity index (χ1v) is 6.51. The zero-order chi connectivity index (χ0) is 13.2. The standard InChI is InChI=1S/C5H5.C3H7N.2C2H6N.Ta/c1-2-4-5-3-1;1-3(2)4;2*1-3-2;/h1-5H;3H,1-2H3;2*1-2H3;/q-1;;2*-1;. The van der Waals surface area contributed by atoms with Gasteiger partial charge in [-0.3, -0.25) is 0 Å². The maximum absolute atomic E-state index is 4.00. The van der Waals surface area contributed by atoms with Crippen molar-refractivity contribution >= 4 is 0 Å². The second-order valence-electron chi connectivity index (χ2n) is 3.07. The molecule has 0 aliphatic heterocycles. The summed E-state index contributed by atoms with van der Waals surface area (Å²) in [6.07, 6.45) is 0. The minimum Gasteiger partial charge on any atom is -0.668 e. The van der Waals surface area contributed by atoms with E-state index < -0.39 is 0 Å². The van der Waals surface area contributed by atoms with Gasteiger partial charge in [-0.05, 0) is 0 Å². The summed E-state index contributed by atoms with van der Waals surface area (Å²) in [5.41, 5.74) is 0. The van der Waals surface area contributed by atoms with Gasteiger partial charge < -0.3 is 10.6 Å². The summed E-state index contributed by atoms with van der Waals surface area (Å²) in [5, 5.41) is 7.00. The second kappa shape index (κ2) is 24.2. The van der Waals surface area contributed by atoms with Crippen molar-refractivity contribution in [1.82, 2.24) is 0 Å². The van der Waals surface area contributed by atoms with Gasteiger partial charge >= 0.3 is 44.1 Å². The molecule has 0 saturated carbocycles. The molecule has 0 atom stereocenters. The van der Waals surface area contributed by atoms with Crippen LogP contribution in [0.1, 0.15) is 13.8 Å². The van der Waals surface area contributed by atoms with E-state index in [9.17, 15) is 0 Å². The van der Waals surface area contributed by atoms with Crippen molar-refractivity contribution in [1.29, 1.82) is 0 Å². The molecule has 0 spiro atoms. The summed E-state index contributed by atoms with van der Waals surface area (Å²) < 4.78 is 4.00. The third-order valence-electron chi connectivity index (χ3n) is 0.786. The van der Waals surface area contributed by atoms with E-state index in [1.807, 2.05) is 30.3 Å². The molecular weight excluding hydrogens is 367 g/mol. The quantitative estimate of drug-likeness (QED) is 0.654. The Bertz CT molecular complexity index is 155. The first-order valence-electron chi connectivity index (χ1n) is 5.07. The van der Waals surface area contributed by atoms with Crippen LogP contribution in [0, 0.1) is 0 Å². The van der Waals surface area contributed by atoms with Crippen LogP contribution in [-0.4, -0.2) is 34.2 Å². The Hall–Kier alpha value is -0.190. The molecule has 4 heteroatoms. The molecule has 1 aromatic carbocycles. The molecule has 0 aromatic heterocycles. The molecule has 0 bridgehead atoms. The predicted octanol–water partition coefficient (Wildman–Crippen LogP) is 3.77. The molecule has 0 fully saturated rings. The molecule has 0 heterocycles. The van der Waals surface area contributed by atoms with Crippen molar-refractivity contribution in [3.8, 4) is 0 Å². The van der Waals surface area contributed by atoms with Crippen LogP contribution in [-0.2, 0) is 20.9 Å². The molecule has 1 rings (SSSR count). The van der Waals surface area contributed by atoms with Gasteiger partial charge in [0, 0.05) is 0 Å². The number of hydrogen-bond acceptors (Lipinski definition) is 1. The van der Waals surface area contributed by atoms with E-state index in [2.05, 4.69) is 27.8 Å². The van der Waals surface area contributed by atoms with Crippen LogP contribution >= 0.6 is 0 Å². The van der Waals surface area contributed by atoms with Crippen molar-refractivity contribution in [3.63, 3.8) is 0 Å². The first-order chi connectivity index (χ1) is 7.60. The van der Waals surface area contributed by atoms with Gasteiger partial charge in [0.15, 0.2) is 0 Å². The summed E-state index contributed by atoms with van der Waals surface area (Å²) in [6, 6.07) is 10.6. The topological polar surface area (TPSA) is 40.6 Å². The molecular formula is C12H24N3Ta-3. The Morgan fingerprint density at radius 2 is 1.25 bits per heavy atom. The van der Waals surface area contributed by atoms with Crippen LogP contribution in [0.5, 0.6) is 0 Å². The minimum absolute atomic E-state index is 0.559. The van der Waals surface area contributed by atoms with Crippen LogP contribution < -0.4 is 0 Å². The van der Waals surface area contributed by atoms with E-state index in [-0.39, 0.29) is 0 Å². The van der Waals surface area contributed by atoms with E-state index in [4.69, 9.17) is 0 Å². The summed E-state index contributed by atoms with van der Waals surface area (Å²) in [4.78, 5) is 0. The largest absolute Gasteiger partial charge is 0.668 e. The van der Waals surface area contributed by atoms with E-state index >= 15 is 0 Å². The van der Waals surface area contributed by atoms with E-state index in [0.29, 0.717) is 6.04 Å². The van der Waals surface area contributed by atoms with Gasteiger partial charge in [0.25, 0.3) is 0 Å². The Morgan fingerprint density at radius 1 is 1.00 bits per heavy atom. The fraction of sp³-hybridized carbons (Fsp3) is 0.583. The molecule has 16 heavy (non-hydrogen) atoms. The van der Waals surface area contributed by atoms with Crippen LogP contribution in [0.2, 0.25) is 0 Å². The molecule has 95 valence electrons. The van der Waals surface area contributed by atoms with Crippen LogP contribution in [0.25, 0.3) is 10.6 Å². The minimum atomic E-state index is 0.559. The average Bonchev–Trinajstić information content (AvgIpc) is 2.78. The van der Waals surface area contributed by atoms with Gasteiger partial charge in [-0.2, -0.15) is 46.4 Å². The fourth-order valence-corrected chi connectivity index (χ4v) is 0.321. The van der Waals surface area contributed by atoms with Crippen molar-refractivity contribution in [3.05, 3.63) is 41.0 Å². The number of hydrogen-bond donors (Lipinski definition) is 0. The normalized spacial score (nSPS) is 7.38. The smallest absolute Gasteiger partial charge is 0.162 e. The SMILES string of the molecule is CC(C)[N]=[Ta].C[N-]C.C[N-]C.c1cc[cH-]c1. The van der Waals surface area contributed by atoms with Crippen molar-refractivity contribution in [2.45, 2.75) is 19.9 Å². The molecule has 0 N–H and O–H groups in total. The molecule has 0 radical (unpaired) electrons. The van der Waals surface area contributed by atoms with Gasteiger partial charge in [-0.25, -0.2) is 12.1 Å². The van der Waals surface area contributed by atoms with Crippen LogP contribution in [0.3, 0.4) is 0 Å². The average molecular weight is 391 g/mol. The summed E-state index contributed by atoms with van der Waals surface area (Å²) in [6.45, 7) is 4.17. The first kappa shape index (κ1) is 21.1. The molecule has 0 saturated heterocycles. The second-order valence-corrected chi connectivity index (χ2v) is 3.90.